The van der Waals surface area contributed by atoms with Crippen molar-refractivity contribution in [3.05, 3.63) is 29.3 Å². The van der Waals surface area contributed by atoms with E-state index in [-0.39, 0.29) is 12.6 Å². The maximum atomic E-state index is 9.26. The number of fused-ring (bicyclic) bond motifs is 1. The Hall–Kier alpha value is -1.06. The van der Waals surface area contributed by atoms with E-state index in [1.165, 1.54) is 11.1 Å². The van der Waals surface area contributed by atoms with Crippen LogP contribution in [0.15, 0.2) is 18.2 Å². The van der Waals surface area contributed by atoms with Crippen LogP contribution in [0.5, 0.6) is 0 Å². The molecule has 1 aromatic carbocycles. The maximum absolute atomic E-state index is 9.26. The first-order valence-corrected chi connectivity index (χ1v) is 5.47. The lowest BCUT2D eigenvalue weighted by Crippen LogP contribution is -2.33. The lowest BCUT2D eigenvalue weighted by atomic mass is 10.1. The van der Waals surface area contributed by atoms with Crippen LogP contribution in [0.1, 0.15) is 24.5 Å². The first-order chi connectivity index (χ1) is 7.26. The van der Waals surface area contributed by atoms with E-state index < -0.39 is 0 Å². The van der Waals surface area contributed by atoms with Crippen molar-refractivity contribution in [3.8, 4) is 0 Å². The number of aliphatic hydroxyl groups excluding tert-OH is 1. The monoisotopic (exact) mass is 206 g/mol. The molecule has 0 fully saturated rings. The molecule has 0 aliphatic carbocycles. The molecule has 0 saturated heterocycles. The fraction of sp³-hybridized carbons (Fsp3) is 0.500. The van der Waals surface area contributed by atoms with Gasteiger partial charge < -0.3 is 10.8 Å². The Labute approximate surface area is 90.5 Å². The quantitative estimate of drug-likeness (QED) is 0.734. The SMILES string of the molecule is CCC(CO)N1Cc2cccc(N)c2C1. The summed E-state index contributed by atoms with van der Waals surface area (Å²) in [5.74, 6) is 0. The van der Waals surface area contributed by atoms with Crippen LogP contribution in [0.2, 0.25) is 0 Å². The predicted octanol–water partition coefficient (Wildman–Crippen LogP) is 1.36. The third kappa shape index (κ3) is 1.85. The fourth-order valence-corrected chi connectivity index (χ4v) is 2.23. The van der Waals surface area contributed by atoms with Gasteiger partial charge in [0.15, 0.2) is 0 Å². The van der Waals surface area contributed by atoms with Crippen molar-refractivity contribution in [2.45, 2.75) is 32.5 Å². The molecule has 82 valence electrons. The van der Waals surface area contributed by atoms with Crippen LogP contribution < -0.4 is 5.73 Å². The first-order valence-electron chi connectivity index (χ1n) is 5.47. The van der Waals surface area contributed by atoms with Gasteiger partial charge >= 0.3 is 0 Å². The molecule has 1 atom stereocenters. The molecular formula is C12H18N2O. The molecule has 3 heteroatoms. The highest BCUT2D eigenvalue weighted by atomic mass is 16.3. The van der Waals surface area contributed by atoms with Crippen molar-refractivity contribution in [1.29, 1.82) is 0 Å². The Bertz CT molecular complexity index is 347. The molecule has 0 saturated carbocycles. The highest BCUT2D eigenvalue weighted by Gasteiger charge is 2.25. The van der Waals surface area contributed by atoms with Crippen LogP contribution in [0.25, 0.3) is 0 Å². The summed E-state index contributed by atoms with van der Waals surface area (Å²) in [4.78, 5) is 2.29. The normalized spacial score (nSPS) is 17.7. The van der Waals surface area contributed by atoms with E-state index in [2.05, 4.69) is 17.9 Å². The number of nitrogens with zero attached hydrogens (tertiary/aromatic N) is 1. The Balaban J connectivity index is 2.18. The zero-order valence-electron chi connectivity index (χ0n) is 9.11. The first kappa shape index (κ1) is 10.5. The summed E-state index contributed by atoms with van der Waals surface area (Å²) in [7, 11) is 0. The van der Waals surface area contributed by atoms with Crippen LogP contribution >= 0.6 is 0 Å². The van der Waals surface area contributed by atoms with Crippen LogP contribution in [0, 0.1) is 0 Å². The van der Waals surface area contributed by atoms with E-state index in [0.717, 1.165) is 25.2 Å². The number of aliphatic hydroxyl groups is 1. The molecule has 0 bridgehead atoms. The largest absolute Gasteiger partial charge is 0.398 e. The summed E-state index contributed by atoms with van der Waals surface area (Å²) in [6.07, 6.45) is 0.977. The molecule has 3 nitrogen and oxygen atoms in total. The third-order valence-electron chi connectivity index (χ3n) is 3.24. The van der Waals surface area contributed by atoms with E-state index in [1.807, 2.05) is 12.1 Å². The summed E-state index contributed by atoms with van der Waals surface area (Å²) in [5, 5.41) is 9.26. The van der Waals surface area contributed by atoms with Gasteiger partial charge in [-0.3, -0.25) is 4.90 Å². The van der Waals surface area contributed by atoms with E-state index in [4.69, 9.17) is 5.73 Å². The Morgan fingerprint density at radius 2 is 2.27 bits per heavy atom. The topological polar surface area (TPSA) is 49.5 Å². The standard InChI is InChI=1S/C12H18N2O/c1-2-10(8-15)14-6-9-4-3-5-12(13)11(9)7-14/h3-5,10,15H,2,6-8,13H2,1H3. The van der Waals surface area contributed by atoms with Gasteiger partial charge in [-0.15, -0.1) is 0 Å². The molecule has 1 heterocycles. The van der Waals surface area contributed by atoms with Crippen molar-refractivity contribution in [3.63, 3.8) is 0 Å². The van der Waals surface area contributed by atoms with Gasteiger partial charge in [-0.25, -0.2) is 0 Å². The Kier molecular flexibility index (Phi) is 2.93. The van der Waals surface area contributed by atoms with Gasteiger partial charge in [-0.2, -0.15) is 0 Å². The second-order valence-electron chi connectivity index (χ2n) is 4.13. The molecule has 1 aliphatic rings. The fourth-order valence-electron chi connectivity index (χ4n) is 2.23. The minimum absolute atomic E-state index is 0.227. The zero-order valence-corrected chi connectivity index (χ0v) is 9.11. The minimum atomic E-state index is 0.227. The van der Waals surface area contributed by atoms with Gasteiger partial charge in [0.25, 0.3) is 0 Å². The second kappa shape index (κ2) is 4.21. The number of anilines is 1. The number of nitrogen functional groups attached to an aromatic ring is 1. The number of rotatable bonds is 3. The van der Waals surface area contributed by atoms with Gasteiger partial charge in [0.1, 0.15) is 0 Å². The van der Waals surface area contributed by atoms with Crippen molar-refractivity contribution >= 4 is 5.69 Å². The molecule has 2 rings (SSSR count). The Morgan fingerprint density at radius 1 is 1.47 bits per heavy atom. The van der Waals surface area contributed by atoms with Gasteiger partial charge in [-0.05, 0) is 23.6 Å². The average molecular weight is 206 g/mol. The summed E-state index contributed by atoms with van der Waals surface area (Å²) in [5.41, 5.74) is 9.35. The molecule has 1 aliphatic heterocycles. The van der Waals surface area contributed by atoms with Gasteiger partial charge in [0.05, 0.1) is 6.61 Å². The van der Waals surface area contributed by atoms with E-state index in [9.17, 15) is 5.11 Å². The van der Waals surface area contributed by atoms with Crippen molar-refractivity contribution in [1.82, 2.24) is 4.90 Å². The number of hydrogen-bond acceptors (Lipinski definition) is 3. The zero-order chi connectivity index (χ0) is 10.8. The highest BCUT2D eigenvalue weighted by molar-refractivity contribution is 5.52. The molecule has 1 aromatic rings. The minimum Gasteiger partial charge on any atom is -0.398 e. The molecule has 0 spiro atoms. The van der Waals surface area contributed by atoms with Crippen LogP contribution in [-0.2, 0) is 13.1 Å². The molecule has 15 heavy (non-hydrogen) atoms. The van der Waals surface area contributed by atoms with E-state index >= 15 is 0 Å². The maximum Gasteiger partial charge on any atom is 0.0587 e. The lowest BCUT2D eigenvalue weighted by molar-refractivity contribution is 0.119. The molecule has 3 N–H and O–H groups in total. The smallest absolute Gasteiger partial charge is 0.0587 e. The summed E-state index contributed by atoms with van der Waals surface area (Å²) >= 11 is 0. The molecule has 0 amide bonds. The van der Waals surface area contributed by atoms with Crippen LogP contribution in [0.4, 0.5) is 5.69 Å². The van der Waals surface area contributed by atoms with Crippen molar-refractivity contribution in [2.24, 2.45) is 0 Å². The molecule has 0 aromatic heterocycles. The summed E-state index contributed by atoms with van der Waals surface area (Å²) < 4.78 is 0. The Morgan fingerprint density at radius 3 is 2.87 bits per heavy atom. The third-order valence-corrected chi connectivity index (χ3v) is 3.24. The average Bonchev–Trinajstić information content (AvgIpc) is 2.65. The summed E-state index contributed by atoms with van der Waals surface area (Å²) in [6, 6.07) is 6.33. The second-order valence-corrected chi connectivity index (χ2v) is 4.13. The van der Waals surface area contributed by atoms with Crippen LogP contribution in [0.3, 0.4) is 0 Å². The molecule has 0 radical (unpaired) electrons. The lowest BCUT2D eigenvalue weighted by Gasteiger charge is -2.24. The molecule has 1 unspecified atom stereocenters. The predicted molar refractivity (Wildman–Crippen MR) is 61.3 cm³/mol. The van der Waals surface area contributed by atoms with Gasteiger partial charge in [0.2, 0.25) is 0 Å². The van der Waals surface area contributed by atoms with Crippen LogP contribution in [-0.4, -0.2) is 22.7 Å². The van der Waals surface area contributed by atoms with Crippen molar-refractivity contribution < 1.29 is 5.11 Å². The van der Waals surface area contributed by atoms with Gasteiger partial charge in [0, 0.05) is 24.8 Å². The summed E-state index contributed by atoms with van der Waals surface area (Å²) in [6.45, 7) is 4.12. The van der Waals surface area contributed by atoms with Gasteiger partial charge in [-0.1, -0.05) is 19.1 Å². The van der Waals surface area contributed by atoms with E-state index in [0.29, 0.717) is 0 Å². The molecular weight excluding hydrogens is 188 g/mol. The highest BCUT2D eigenvalue weighted by Crippen LogP contribution is 2.29. The number of nitrogens with two attached hydrogens (primary N) is 1. The van der Waals surface area contributed by atoms with Crippen molar-refractivity contribution in [2.75, 3.05) is 12.3 Å². The number of hydrogen-bond donors (Lipinski definition) is 2. The van der Waals surface area contributed by atoms with E-state index in [1.54, 1.807) is 0 Å². The number of benzene rings is 1.